The van der Waals surface area contributed by atoms with Gasteiger partial charge in [-0.05, 0) is 30.0 Å². The predicted octanol–water partition coefficient (Wildman–Crippen LogP) is 5.06. The summed E-state index contributed by atoms with van der Waals surface area (Å²) in [6, 6.07) is 16.7. The van der Waals surface area contributed by atoms with Crippen LogP contribution in [0.3, 0.4) is 0 Å². The van der Waals surface area contributed by atoms with Gasteiger partial charge in [0.25, 0.3) is 5.91 Å². The minimum absolute atomic E-state index is 0.0835. The maximum absolute atomic E-state index is 13.7. The zero-order valence-corrected chi connectivity index (χ0v) is 26.3. The number of benzene rings is 2. The first-order chi connectivity index (χ1) is 20.5. The molecule has 1 N–H and O–H groups in total. The summed E-state index contributed by atoms with van der Waals surface area (Å²) < 4.78 is 17.8. The van der Waals surface area contributed by atoms with Crippen molar-refractivity contribution >= 4 is 11.8 Å². The molecule has 2 heterocycles. The molecule has 1 aliphatic heterocycles. The average molecular weight is 591 g/mol. The van der Waals surface area contributed by atoms with E-state index in [1.165, 1.54) is 5.56 Å². The Hall–Kier alpha value is -3.69. The van der Waals surface area contributed by atoms with Crippen molar-refractivity contribution < 1.29 is 23.5 Å². The minimum Gasteiger partial charge on any atom is -0.483 e. The molecule has 1 saturated heterocycles. The molecular weight excluding hydrogens is 544 g/mol. The highest BCUT2D eigenvalue weighted by Crippen LogP contribution is 2.24. The molecule has 0 saturated carbocycles. The first-order valence-corrected chi connectivity index (χ1v) is 15.1. The van der Waals surface area contributed by atoms with Gasteiger partial charge in [-0.3, -0.25) is 14.5 Å². The molecule has 2 atom stereocenters. The zero-order valence-electron chi connectivity index (χ0n) is 26.3. The number of nitrogens with zero attached hydrogens (tertiary/aromatic N) is 3. The molecule has 4 rings (SSSR count). The molecule has 0 aliphatic carbocycles. The van der Waals surface area contributed by atoms with Crippen molar-refractivity contribution in [1.82, 2.24) is 20.1 Å². The smallest absolute Gasteiger partial charge is 0.255 e. The van der Waals surface area contributed by atoms with E-state index in [-0.39, 0.29) is 35.9 Å². The number of rotatable bonds is 12. The van der Waals surface area contributed by atoms with Crippen molar-refractivity contribution in [3.05, 3.63) is 83.6 Å². The van der Waals surface area contributed by atoms with Crippen LogP contribution >= 0.6 is 0 Å². The van der Waals surface area contributed by atoms with Crippen LogP contribution in [-0.2, 0) is 28.1 Å². The lowest BCUT2D eigenvalue weighted by atomic mass is 9.94. The van der Waals surface area contributed by atoms with Gasteiger partial charge >= 0.3 is 0 Å². The van der Waals surface area contributed by atoms with Gasteiger partial charge < -0.3 is 24.1 Å². The minimum atomic E-state index is -0.685. The number of carbonyl (C=O) groups excluding carboxylic acids is 2. The molecule has 43 heavy (non-hydrogen) atoms. The average Bonchev–Trinajstić information content (AvgIpc) is 3.46. The van der Waals surface area contributed by atoms with Gasteiger partial charge in [0, 0.05) is 38.6 Å². The molecule has 1 aromatic heterocycles. The lowest BCUT2D eigenvalue weighted by Crippen LogP contribution is -2.52. The molecule has 0 radical (unpaired) electrons. The number of oxazole rings is 1. The maximum atomic E-state index is 13.7. The fourth-order valence-corrected chi connectivity index (χ4v) is 5.11. The third-order valence-corrected chi connectivity index (χ3v) is 7.41. The number of carbonyl (C=O) groups is 2. The lowest BCUT2D eigenvalue weighted by Gasteiger charge is -2.35. The number of morpholine rings is 1. The molecule has 1 fully saturated rings. The molecule has 3 aromatic rings. The van der Waals surface area contributed by atoms with E-state index < -0.39 is 6.04 Å². The number of ether oxygens (including phenoxy) is 2. The Bertz CT molecular complexity index is 1330. The highest BCUT2D eigenvalue weighted by Gasteiger charge is 2.29. The largest absolute Gasteiger partial charge is 0.483 e. The van der Waals surface area contributed by atoms with Gasteiger partial charge in [-0.1, -0.05) is 77.1 Å². The highest BCUT2D eigenvalue weighted by atomic mass is 16.5. The summed E-state index contributed by atoms with van der Waals surface area (Å²) in [5.41, 5.74) is 1.44. The predicted molar refractivity (Wildman–Crippen MR) is 166 cm³/mol. The van der Waals surface area contributed by atoms with Gasteiger partial charge in [0.2, 0.25) is 11.8 Å². The van der Waals surface area contributed by atoms with E-state index in [1.807, 2.05) is 52.8 Å². The monoisotopic (exact) mass is 590 g/mol. The normalized spacial score (nSPS) is 16.6. The van der Waals surface area contributed by atoms with Crippen molar-refractivity contribution in [1.29, 1.82) is 0 Å². The molecule has 2 amide bonds. The lowest BCUT2D eigenvalue weighted by molar-refractivity contribution is -0.135. The van der Waals surface area contributed by atoms with E-state index in [1.54, 1.807) is 42.4 Å². The third kappa shape index (κ3) is 9.40. The van der Waals surface area contributed by atoms with Crippen LogP contribution in [0.2, 0.25) is 0 Å². The topological polar surface area (TPSA) is 97.1 Å². The van der Waals surface area contributed by atoms with E-state index in [0.717, 1.165) is 25.4 Å². The summed E-state index contributed by atoms with van der Waals surface area (Å²) in [5, 5.41) is 2.99. The van der Waals surface area contributed by atoms with Crippen molar-refractivity contribution in [2.45, 2.75) is 71.8 Å². The Morgan fingerprint density at radius 2 is 1.84 bits per heavy atom. The number of likely N-dealkylation sites (N-methyl/N-ethyl adjacent to an activating group) is 1. The third-order valence-electron chi connectivity index (χ3n) is 7.41. The molecule has 2 aromatic carbocycles. The maximum Gasteiger partial charge on any atom is 0.255 e. The second kappa shape index (κ2) is 14.7. The fraction of sp³-hybridized carbons (Fsp3) is 0.500. The summed E-state index contributed by atoms with van der Waals surface area (Å²) in [6.07, 6.45) is 2.11. The Morgan fingerprint density at radius 3 is 2.53 bits per heavy atom. The summed E-state index contributed by atoms with van der Waals surface area (Å²) in [5.74, 6) is 1.28. The summed E-state index contributed by atoms with van der Waals surface area (Å²) in [4.78, 5) is 35.5. The molecule has 1 unspecified atom stereocenters. The molecule has 9 heteroatoms. The summed E-state index contributed by atoms with van der Waals surface area (Å²) in [6.45, 7) is 13.8. The van der Waals surface area contributed by atoms with Gasteiger partial charge in [0.1, 0.15) is 17.6 Å². The molecule has 1 aliphatic rings. The standard InChI is InChI=1S/C34H46N4O5/c1-24(2)18-28(33(40)37(6)21-26-22-38(16-17-41-26)20-25-12-8-7-9-13-25)36-32(39)27-14-10-11-15-29(27)42-23-31-35-19-30(43-31)34(3,4)5/h7-15,19,24,26,28H,16-18,20-23H2,1-6H3,(H,36,39)/t26?,28-/m1/s1. The van der Waals surface area contributed by atoms with E-state index in [4.69, 9.17) is 13.9 Å². The van der Waals surface area contributed by atoms with Gasteiger partial charge in [-0.2, -0.15) is 0 Å². The molecule has 9 nitrogen and oxygen atoms in total. The van der Waals surface area contributed by atoms with Crippen molar-refractivity contribution in [3.8, 4) is 5.75 Å². The molecule has 0 bridgehead atoms. The van der Waals surface area contributed by atoms with Crippen LogP contribution in [0.15, 0.2) is 65.2 Å². The summed E-state index contributed by atoms with van der Waals surface area (Å²) >= 11 is 0. The molecular formula is C34H46N4O5. The Morgan fingerprint density at radius 1 is 1.12 bits per heavy atom. The van der Waals surface area contributed by atoms with Crippen LogP contribution in [0.1, 0.15) is 68.6 Å². The van der Waals surface area contributed by atoms with Crippen LogP contribution in [0.4, 0.5) is 0 Å². The van der Waals surface area contributed by atoms with Gasteiger partial charge in [-0.15, -0.1) is 0 Å². The van der Waals surface area contributed by atoms with E-state index in [2.05, 4.69) is 27.3 Å². The molecule has 0 spiro atoms. The fourth-order valence-electron chi connectivity index (χ4n) is 5.11. The number of nitrogens with one attached hydrogen (secondary N) is 1. The van der Waals surface area contributed by atoms with Crippen LogP contribution in [0.25, 0.3) is 0 Å². The number of amides is 2. The second-order valence-corrected chi connectivity index (χ2v) is 12.7. The second-order valence-electron chi connectivity index (χ2n) is 12.7. The zero-order chi connectivity index (χ0) is 31.0. The van der Waals surface area contributed by atoms with E-state index in [9.17, 15) is 9.59 Å². The first kappa shape index (κ1) is 32.2. The van der Waals surface area contributed by atoms with Gasteiger partial charge in [-0.25, -0.2) is 4.98 Å². The van der Waals surface area contributed by atoms with Gasteiger partial charge in [0.15, 0.2) is 6.61 Å². The Labute approximate surface area is 255 Å². The van der Waals surface area contributed by atoms with Crippen LogP contribution in [-0.4, -0.2) is 72.0 Å². The highest BCUT2D eigenvalue weighted by molar-refractivity contribution is 5.99. The number of aromatic nitrogens is 1. The molecule has 232 valence electrons. The summed E-state index contributed by atoms with van der Waals surface area (Å²) in [7, 11) is 1.78. The number of hydrogen-bond acceptors (Lipinski definition) is 7. The quantitative estimate of drug-likeness (QED) is 0.315. The van der Waals surface area contributed by atoms with E-state index >= 15 is 0 Å². The van der Waals surface area contributed by atoms with Crippen LogP contribution in [0.5, 0.6) is 5.75 Å². The van der Waals surface area contributed by atoms with Crippen molar-refractivity contribution in [2.75, 3.05) is 33.3 Å². The van der Waals surface area contributed by atoms with Crippen LogP contribution < -0.4 is 10.1 Å². The Kier molecular flexibility index (Phi) is 11.0. The number of hydrogen-bond donors (Lipinski definition) is 1. The number of para-hydroxylation sites is 1. The SMILES string of the molecule is CC(C)C[C@@H](NC(=O)c1ccccc1OCc1ncc(C(C)(C)C)o1)C(=O)N(C)CC1CN(Cc2ccccc2)CCO1. The first-order valence-electron chi connectivity index (χ1n) is 15.1. The Balaban J connectivity index is 1.37. The van der Waals surface area contributed by atoms with E-state index in [0.29, 0.717) is 36.8 Å². The van der Waals surface area contributed by atoms with Crippen molar-refractivity contribution in [3.63, 3.8) is 0 Å². The van der Waals surface area contributed by atoms with Crippen LogP contribution in [0, 0.1) is 5.92 Å². The van der Waals surface area contributed by atoms with Crippen molar-refractivity contribution in [2.24, 2.45) is 5.92 Å². The van der Waals surface area contributed by atoms with Gasteiger partial charge in [0.05, 0.1) is 24.5 Å².